The predicted molar refractivity (Wildman–Crippen MR) is 92.0 cm³/mol. The van der Waals surface area contributed by atoms with Crippen molar-refractivity contribution in [3.05, 3.63) is 58.3 Å². The molecule has 4 nitrogen and oxygen atoms in total. The Morgan fingerprint density at radius 3 is 2.35 bits per heavy atom. The van der Waals surface area contributed by atoms with Crippen LogP contribution in [-0.4, -0.2) is 37.0 Å². The Balaban J connectivity index is 1.57. The quantitative estimate of drug-likeness (QED) is 0.853. The van der Waals surface area contributed by atoms with Gasteiger partial charge in [0.25, 0.3) is 0 Å². The number of aromatic amines is 1. The van der Waals surface area contributed by atoms with Crippen molar-refractivity contribution >= 4 is 34.8 Å². The highest BCUT2D eigenvalue weighted by atomic mass is 35.5. The van der Waals surface area contributed by atoms with Gasteiger partial charge in [-0.25, -0.2) is 4.98 Å². The van der Waals surface area contributed by atoms with E-state index in [0.29, 0.717) is 16.5 Å². The van der Waals surface area contributed by atoms with E-state index in [1.165, 1.54) is 5.69 Å². The van der Waals surface area contributed by atoms with Crippen LogP contribution in [0, 0.1) is 0 Å². The highest BCUT2D eigenvalue weighted by Gasteiger charge is 2.21. The van der Waals surface area contributed by atoms with Crippen LogP contribution in [0.4, 0.5) is 5.69 Å². The van der Waals surface area contributed by atoms with E-state index in [4.69, 9.17) is 23.2 Å². The van der Waals surface area contributed by atoms with Crippen molar-refractivity contribution in [3.8, 4) is 0 Å². The Morgan fingerprint density at radius 2 is 1.70 bits per heavy atom. The van der Waals surface area contributed by atoms with E-state index < -0.39 is 0 Å². The summed E-state index contributed by atoms with van der Waals surface area (Å²) in [6, 6.07) is 9.44. The van der Waals surface area contributed by atoms with Gasteiger partial charge in [-0.3, -0.25) is 4.79 Å². The Bertz CT molecular complexity index is 685. The zero-order chi connectivity index (χ0) is 16.2. The minimum atomic E-state index is 0.129. The summed E-state index contributed by atoms with van der Waals surface area (Å²) in [7, 11) is 0. The number of benzene rings is 1. The van der Waals surface area contributed by atoms with Gasteiger partial charge in [-0.15, -0.1) is 0 Å². The van der Waals surface area contributed by atoms with Gasteiger partial charge in [0, 0.05) is 44.0 Å². The molecule has 3 rings (SSSR count). The molecule has 0 aliphatic carbocycles. The fraction of sp³-hybridized carbons (Fsp3) is 0.294. The summed E-state index contributed by atoms with van der Waals surface area (Å²) < 4.78 is 0. The van der Waals surface area contributed by atoms with Gasteiger partial charge in [0.15, 0.2) is 12.4 Å². The van der Waals surface area contributed by atoms with Gasteiger partial charge in [0.2, 0.25) is 5.91 Å². The number of hydrogen-bond donors (Lipinski definition) is 0. The largest absolute Gasteiger partial charge is 0.368 e. The first-order valence-electron chi connectivity index (χ1n) is 7.56. The molecule has 0 radical (unpaired) electrons. The number of rotatable bonds is 3. The van der Waals surface area contributed by atoms with Gasteiger partial charge in [-0.2, -0.15) is 0 Å². The molecule has 2 heterocycles. The molecule has 6 heteroatoms. The fourth-order valence-electron chi connectivity index (χ4n) is 2.74. The molecule has 0 atom stereocenters. The van der Waals surface area contributed by atoms with Crippen LogP contribution in [0.2, 0.25) is 10.0 Å². The predicted octanol–water partition coefficient (Wildman–Crippen LogP) is 2.70. The van der Waals surface area contributed by atoms with Crippen LogP contribution in [0.3, 0.4) is 0 Å². The van der Waals surface area contributed by atoms with Gasteiger partial charge < -0.3 is 9.80 Å². The molecule has 1 aromatic heterocycles. The fourth-order valence-corrected chi connectivity index (χ4v) is 3.06. The number of piperazine rings is 1. The first-order chi connectivity index (χ1) is 11.1. The van der Waals surface area contributed by atoms with Crippen molar-refractivity contribution in [3.63, 3.8) is 0 Å². The van der Waals surface area contributed by atoms with Crippen molar-refractivity contribution in [2.75, 3.05) is 31.1 Å². The minimum Gasteiger partial charge on any atom is -0.368 e. The number of pyridine rings is 1. The SMILES string of the molecule is O=C(Cc1ccc(Cl)c(Cl)c1)N1CCN(c2cc[nH+]cc2)CC1. The Hall–Kier alpha value is -1.78. The summed E-state index contributed by atoms with van der Waals surface area (Å²) in [5.41, 5.74) is 2.07. The molecule has 1 N–H and O–H groups in total. The van der Waals surface area contributed by atoms with E-state index in [-0.39, 0.29) is 5.91 Å². The van der Waals surface area contributed by atoms with Gasteiger partial charge >= 0.3 is 0 Å². The molecule has 0 saturated carbocycles. The summed E-state index contributed by atoms with van der Waals surface area (Å²) in [6.07, 6.45) is 4.19. The first kappa shape index (κ1) is 16.1. The molecular weight excluding hydrogens is 333 g/mol. The lowest BCUT2D eigenvalue weighted by molar-refractivity contribution is -0.377. The van der Waals surface area contributed by atoms with Gasteiger partial charge in [0.05, 0.1) is 16.5 Å². The van der Waals surface area contributed by atoms with Crippen molar-refractivity contribution in [1.29, 1.82) is 0 Å². The first-order valence-corrected chi connectivity index (χ1v) is 8.32. The van der Waals surface area contributed by atoms with Crippen molar-refractivity contribution in [2.24, 2.45) is 0 Å². The Morgan fingerprint density at radius 1 is 1.00 bits per heavy atom. The van der Waals surface area contributed by atoms with Crippen molar-refractivity contribution in [1.82, 2.24) is 4.90 Å². The smallest absolute Gasteiger partial charge is 0.227 e. The molecular formula is C17H18Cl2N3O+. The van der Waals surface area contributed by atoms with E-state index in [2.05, 4.69) is 9.88 Å². The number of anilines is 1. The Labute approximate surface area is 145 Å². The number of nitrogens with zero attached hydrogens (tertiary/aromatic N) is 2. The summed E-state index contributed by atoms with van der Waals surface area (Å²) in [5.74, 6) is 0.129. The summed E-state index contributed by atoms with van der Waals surface area (Å²) in [4.78, 5) is 19.7. The third-order valence-corrected chi connectivity index (χ3v) is 4.78. The van der Waals surface area contributed by atoms with Crippen molar-refractivity contribution in [2.45, 2.75) is 6.42 Å². The molecule has 2 aromatic rings. The lowest BCUT2D eigenvalue weighted by Gasteiger charge is -2.35. The van der Waals surface area contributed by atoms with Crippen LogP contribution in [0.1, 0.15) is 5.56 Å². The summed E-state index contributed by atoms with van der Waals surface area (Å²) >= 11 is 11.9. The number of halogens is 2. The maximum atomic E-state index is 12.4. The van der Waals surface area contributed by atoms with Gasteiger partial charge in [0.1, 0.15) is 0 Å². The molecule has 23 heavy (non-hydrogen) atoms. The average Bonchev–Trinajstić information content (AvgIpc) is 2.59. The molecule has 0 unspecified atom stereocenters. The topological polar surface area (TPSA) is 37.7 Å². The molecule has 1 aliphatic rings. The number of carbonyl (C=O) groups excluding carboxylic acids is 1. The third kappa shape index (κ3) is 3.95. The summed E-state index contributed by atoms with van der Waals surface area (Å²) in [5, 5.41) is 0.999. The molecule has 1 saturated heterocycles. The van der Waals surface area contributed by atoms with Crippen molar-refractivity contribution < 1.29 is 9.78 Å². The highest BCUT2D eigenvalue weighted by Crippen LogP contribution is 2.23. The van der Waals surface area contributed by atoms with Crippen LogP contribution in [0.5, 0.6) is 0 Å². The minimum absolute atomic E-state index is 0.129. The molecule has 120 valence electrons. The zero-order valence-electron chi connectivity index (χ0n) is 12.6. The Kier molecular flexibility index (Phi) is 5.03. The maximum absolute atomic E-state index is 12.4. The van der Waals surface area contributed by atoms with Gasteiger partial charge in [-0.1, -0.05) is 29.3 Å². The van der Waals surface area contributed by atoms with Crippen LogP contribution in [0.25, 0.3) is 0 Å². The number of carbonyl (C=O) groups is 1. The number of aromatic nitrogens is 1. The number of hydrogen-bond acceptors (Lipinski definition) is 2. The van der Waals surface area contributed by atoms with Crippen LogP contribution >= 0.6 is 23.2 Å². The highest BCUT2D eigenvalue weighted by molar-refractivity contribution is 6.42. The molecule has 0 bridgehead atoms. The standard InChI is InChI=1S/C17H17Cl2N3O/c18-15-2-1-13(11-16(15)19)12-17(23)22-9-7-21(8-10-22)14-3-5-20-6-4-14/h1-6,11H,7-10,12H2/p+1. The van der Waals surface area contributed by atoms with Crippen LogP contribution in [-0.2, 0) is 11.2 Å². The third-order valence-electron chi connectivity index (χ3n) is 4.04. The van der Waals surface area contributed by atoms with E-state index >= 15 is 0 Å². The van der Waals surface area contributed by atoms with Crippen LogP contribution < -0.4 is 9.88 Å². The zero-order valence-corrected chi connectivity index (χ0v) is 14.1. The number of amides is 1. The lowest BCUT2D eigenvalue weighted by atomic mass is 10.1. The van der Waals surface area contributed by atoms with E-state index in [1.807, 2.05) is 35.5 Å². The molecule has 1 aliphatic heterocycles. The lowest BCUT2D eigenvalue weighted by Crippen LogP contribution is -2.49. The maximum Gasteiger partial charge on any atom is 0.227 e. The van der Waals surface area contributed by atoms with Gasteiger partial charge in [-0.05, 0) is 17.7 Å². The average molecular weight is 351 g/mol. The molecule has 1 amide bonds. The number of H-pyrrole nitrogens is 1. The van der Waals surface area contributed by atoms with E-state index in [9.17, 15) is 4.79 Å². The molecule has 0 spiro atoms. The van der Waals surface area contributed by atoms with Crippen LogP contribution in [0.15, 0.2) is 42.7 Å². The second-order valence-corrected chi connectivity index (χ2v) is 6.37. The number of nitrogens with one attached hydrogen (secondary N) is 1. The monoisotopic (exact) mass is 350 g/mol. The normalized spacial score (nSPS) is 14.9. The van der Waals surface area contributed by atoms with E-state index in [0.717, 1.165) is 31.7 Å². The molecule has 1 aromatic carbocycles. The van der Waals surface area contributed by atoms with E-state index in [1.54, 1.807) is 12.1 Å². The molecule has 1 fully saturated rings. The summed E-state index contributed by atoms with van der Waals surface area (Å²) in [6.45, 7) is 3.16. The second kappa shape index (κ2) is 7.20. The second-order valence-electron chi connectivity index (χ2n) is 5.55.